The van der Waals surface area contributed by atoms with E-state index in [0.717, 1.165) is 0 Å². The summed E-state index contributed by atoms with van der Waals surface area (Å²) in [6.45, 7) is 1.68. The molecule has 2 rings (SSSR count). The molecular formula is C12H12N4O3S. The van der Waals surface area contributed by atoms with E-state index in [4.69, 9.17) is 5.14 Å². The summed E-state index contributed by atoms with van der Waals surface area (Å²) in [5.74, 6) is -0.355. The normalized spacial score (nSPS) is 11.1. The Hall–Kier alpha value is -2.32. The van der Waals surface area contributed by atoms with Crippen LogP contribution >= 0.6 is 0 Å². The number of aryl methyl sites for hydroxylation is 1. The molecule has 0 spiro atoms. The first-order valence-corrected chi connectivity index (χ1v) is 7.14. The summed E-state index contributed by atoms with van der Waals surface area (Å²) in [4.78, 5) is 11.9. The molecular weight excluding hydrogens is 280 g/mol. The van der Waals surface area contributed by atoms with E-state index in [1.807, 2.05) is 0 Å². The van der Waals surface area contributed by atoms with E-state index in [-0.39, 0.29) is 10.8 Å². The van der Waals surface area contributed by atoms with Crippen LogP contribution < -0.4 is 10.5 Å². The highest BCUT2D eigenvalue weighted by molar-refractivity contribution is 7.89. The molecule has 1 aromatic heterocycles. The fraction of sp³-hybridized carbons (Fsp3) is 0.0833. The van der Waals surface area contributed by atoms with E-state index < -0.39 is 10.0 Å². The van der Waals surface area contributed by atoms with Gasteiger partial charge in [0.15, 0.2) is 0 Å². The van der Waals surface area contributed by atoms with Crippen LogP contribution in [-0.4, -0.2) is 24.5 Å². The summed E-state index contributed by atoms with van der Waals surface area (Å²) in [6, 6.07) is 5.75. The number of nitrogens with two attached hydrogens (primary N) is 1. The van der Waals surface area contributed by atoms with Crippen molar-refractivity contribution in [3.8, 4) is 0 Å². The molecule has 0 atom stereocenters. The van der Waals surface area contributed by atoms with Gasteiger partial charge in [0.05, 0.1) is 22.9 Å². The zero-order valence-electron chi connectivity index (χ0n) is 10.6. The van der Waals surface area contributed by atoms with Crippen LogP contribution in [0.15, 0.2) is 41.6 Å². The molecule has 0 bridgehead atoms. The molecule has 1 aromatic carbocycles. The number of rotatable bonds is 3. The standard InChI is InChI=1S/C12H12N4O3S/c1-8-6-10(20(13,18)19)2-3-11(8)16-12(17)9-4-5-14-15-7-9/h2-7H,1H3,(H,16,17)(H2,13,18,19). The molecule has 0 radical (unpaired) electrons. The molecule has 2 aromatic rings. The van der Waals surface area contributed by atoms with Crippen molar-refractivity contribution in [2.75, 3.05) is 5.32 Å². The van der Waals surface area contributed by atoms with Crippen molar-refractivity contribution >= 4 is 21.6 Å². The van der Waals surface area contributed by atoms with Gasteiger partial charge >= 0.3 is 0 Å². The average Bonchev–Trinajstić information content (AvgIpc) is 2.41. The van der Waals surface area contributed by atoms with Crippen molar-refractivity contribution in [3.63, 3.8) is 0 Å². The largest absolute Gasteiger partial charge is 0.322 e. The molecule has 7 nitrogen and oxygen atoms in total. The number of hydrogen-bond donors (Lipinski definition) is 2. The molecule has 104 valence electrons. The van der Waals surface area contributed by atoms with E-state index >= 15 is 0 Å². The summed E-state index contributed by atoms with van der Waals surface area (Å²) in [6.07, 6.45) is 2.75. The summed E-state index contributed by atoms with van der Waals surface area (Å²) in [7, 11) is -3.75. The maximum atomic E-state index is 11.9. The maximum Gasteiger partial charge on any atom is 0.257 e. The van der Waals surface area contributed by atoms with Crippen LogP contribution in [0, 0.1) is 6.92 Å². The van der Waals surface area contributed by atoms with Crippen LogP contribution in [-0.2, 0) is 10.0 Å². The fourth-order valence-electron chi connectivity index (χ4n) is 1.57. The summed E-state index contributed by atoms with van der Waals surface area (Å²) < 4.78 is 22.4. The predicted molar refractivity (Wildman–Crippen MR) is 72.5 cm³/mol. The number of sulfonamides is 1. The van der Waals surface area contributed by atoms with Crippen LogP contribution in [0.2, 0.25) is 0 Å². The number of nitrogens with one attached hydrogen (secondary N) is 1. The van der Waals surface area contributed by atoms with Crippen molar-refractivity contribution in [2.45, 2.75) is 11.8 Å². The lowest BCUT2D eigenvalue weighted by Gasteiger charge is -2.09. The molecule has 1 amide bonds. The molecule has 1 heterocycles. The Morgan fingerprint density at radius 1 is 1.25 bits per heavy atom. The van der Waals surface area contributed by atoms with Crippen molar-refractivity contribution < 1.29 is 13.2 Å². The number of benzene rings is 1. The first kappa shape index (κ1) is 14.1. The van der Waals surface area contributed by atoms with E-state index in [1.165, 1.54) is 36.7 Å². The summed E-state index contributed by atoms with van der Waals surface area (Å²) in [5.41, 5.74) is 1.45. The molecule has 20 heavy (non-hydrogen) atoms. The highest BCUT2D eigenvalue weighted by Gasteiger charge is 2.12. The van der Waals surface area contributed by atoms with Crippen molar-refractivity contribution in [1.29, 1.82) is 0 Å². The molecule has 0 saturated heterocycles. The first-order chi connectivity index (χ1) is 9.38. The summed E-state index contributed by atoms with van der Waals surface area (Å²) in [5, 5.41) is 14.9. The smallest absolute Gasteiger partial charge is 0.257 e. The van der Waals surface area contributed by atoms with Gasteiger partial charge < -0.3 is 5.32 Å². The zero-order valence-corrected chi connectivity index (χ0v) is 11.4. The molecule has 3 N–H and O–H groups in total. The Kier molecular flexibility index (Phi) is 3.77. The second-order valence-corrected chi connectivity index (χ2v) is 5.67. The number of carbonyl (C=O) groups is 1. The Labute approximate surface area is 115 Å². The van der Waals surface area contributed by atoms with Gasteiger partial charge in [0, 0.05) is 5.69 Å². The lowest BCUT2D eigenvalue weighted by molar-refractivity contribution is 0.102. The van der Waals surface area contributed by atoms with Crippen LogP contribution in [0.5, 0.6) is 0 Å². The Morgan fingerprint density at radius 2 is 2.00 bits per heavy atom. The number of carbonyl (C=O) groups excluding carboxylic acids is 1. The Morgan fingerprint density at radius 3 is 2.55 bits per heavy atom. The lowest BCUT2D eigenvalue weighted by Crippen LogP contribution is -2.15. The van der Waals surface area contributed by atoms with E-state index in [2.05, 4.69) is 15.5 Å². The number of primary sulfonamides is 1. The molecule has 0 aliphatic carbocycles. The van der Waals surface area contributed by atoms with Crippen molar-refractivity contribution in [3.05, 3.63) is 47.8 Å². The van der Waals surface area contributed by atoms with Gasteiger partial charge in [-0.3, -0.25) is 4.79 Å². The van der Waals surface area contributed by atoms with Gasteiger partial charge in [-0.2, -0.15) is 10.2 Å². The van der Waals surface area contributed by atoms with Crippen molar-refractivity contribution in [1.82, 2.24) is 10.2 Å². The van der Waals surface area contributed by atoms with E-state index in [9.17, 15) is 13.2 Å². The monoisotopic (exact) mass is 292 g/mol. The molecule has 0 aliphatic heterocycles. The van der Waals surface area contributed by atoms with Gasteiger partial charge in [-0.25, -0.2) is 13.6 Å². The highest BCUT2D eigenvalue weighted by Crippen LogP contribution is 2.19. The molecule has 0 aliphatic rings. The molecule has 0 fully saturated rings. The fourth-order valence-corrected chi connectivity index (χ4v) is 2.17. The predicted octanol–water partition coefficient (Wildman–Crippen LogP) is 0.685. The van der Waals surface area contributed by atoms with Gasteiger partial charge in [-0.1, -0.05) is 0 Å². The zero-order chi connectivity index (χ0) is 14.8. The molecule has 0 saturated carbocycles. The first-order valence-electron chi connectivity index (χ1n) is 5.59. The number of anilines is 1. The van der Waals surface area contributed by atoms with Gasteiger partial charge in [-0.15, -0.1) is 0 Å². The summed E-state index contributed by atoms with van der Waals surface area (Å²) >= 11 is 0. The van der Waals surface area contributed by atoms with Gasteiger partial charge in [0.1, 0.15) is 0 Å². The van der Waals surface area contributed by atoms with Gasteiger partial charge in [0.25, 0.3) is 5.91 Å². The van der Waals surface area contributed by atoms with Gasteiger partial charge in [-0.05, 0) is 36.8 Å². The number of aromatic nitrogens is 2. The lowest BCUT2D eigenvalue weighted by atomic mass is 10.2. The van der Waals surface area contributed by atoms with Crippen LogP contribution in [0.25, 0.3) is 0 Å². The Bertz CT molecular complexity index is 745. The van der Waals surface area contributed by atoms with Crippen molar-refractivity contribution in [2.24, 2.45) is 5.14 Å². The van der Waals surface area contributed by atoms with Crippen LogP contribution in [0.1, 0.15) is 15.9 Å². The Balaban J connectivity index is 2.25. The minimum atomic E-state index is -3.75. The minimum absolute atomic E-state index is 0.00132. The van der Waals surface area contributed by atoms with Crippen LogP contribution in [0.4, 0.5) is 5.69 Å². The third-order valence-corrected chi connectivity index (χ3v) is 3.53. The SMILES string of the molecule is Cc1cc(S(N)(=O)=O)ccc1NC(=O)c1ccnnc1. The second kappa shape index (κ2) is 5.35. The average molecular weight is 292 g/mol. The van der Waals surface area contributed by atoms with E-state index in [0.29, 0.717) is 16.8 Å². The minimum Gasteiger partial charge on any atom is -0.322 e. The maximum absolute atomic E-state index is 11.9. The quantitative estimate of drug-likeness (QED) is 0.863. The number of amides is 1. The third-order valence-electron chi connectivity index (χ3n) is 2.62. The third kappa shape index (κ3) is 3.16. The number of hydrogen-bond acceptors (Lipinski definition) is 5. The molecule has 8 heteroatoms. The van der Waals surface area contributed by atoms with E-state index in [1.54, 1.807) is 6.92 Å². The second-order valence-electron chi connectivity index (χ2n) is 4.11. The number of nitrogens with zero attached hydrogens (tertiary/aromatic N) is 2. The highest BCUT2D eigenvalue weighted by atomic mass is 32.2. The van der Waals surface area contributed by atoms with Gasteiger partial charge in [0.2, 0.25) is 10.0 Å². The molecule has 0 unspecified atom stereocenters. The van der Waals surface area contributed by atoms with Crippen LogP contribution in [0.3, 0.4) is 0 Å². The topological polar surface area (TPSA) is 115 Å².